The fraction of sp³-hybridized carbons (Fsp3) is 0.667. The number of aromatic nitrogens is 3. The summed E-state index contributed by atoms with van der Waals surface area (Å²) in [5.74, 6) is 0. The molecule has 1 rings (SSSR count). The van der Waals surface area contributed by atoms with Crippen molar-refractivity contribution >= 4 is 0 Å². The third kappa shape index (κ3) is 1.98. The van der Waals surface area contributed by atoms with Gasteiger partial charge in [-0.1, -0.05) is 5.21 Å². The number of hydrogen-bond acceptors (Lipinski definition) is 3. The molecule has 0 aliphatic heterocycles. The molecule has 1 atom stereocenters. The molecule has 0 amide bonds. The van der Waals surface area contributed by atoms with E-state index in [4.69, 9.17) is 5.73 Å². The number of alkyl halides is 1. The molecule has 1 unspecified atom stereocenters. The monoisotopic (exact) mass is 158 g/mol. The maximum Gasteiger partial charge on any atom is 0.117 e. The molecule has 5 heteroatoms. The molecule has 0 aliphatic rings. The Kier molecular flexibility index (Phi) is 2.53. The minimum Gasteiger partial charge on any atom is -0.325 e. The fourth-order valence-electron chi connectivity index (χ4n) is 0.829. The highest BCUT2D eigenvalue weighted by atomic mass is 19.1. The van der Waals surface area contributed by atoms with Crippen LogP contribution in [0.1, 0.15) is 12.6 Å². The summed E-state index contributed by atoms with van der Waals surface area (Å²) in [6, 6.07) is 0. The molecule has 1 aromatic heterocycles. The van der Waals surface area contributed by atoms with Crippen LogP contribution in [0.4, 0.5) is 4.39 Å². The molecule has 4 nitrogen and oxygen atoms in total. The van der Waals surface area contributed by atoms with Crippen LogP contribution < -0.4 is 5.73 Å². The Morgan fingerprint density at radius 1 is 1.82 bits per heavy atom. The zero-order valence-corrected chi connectivity index (χ0v) is 6.37. The highest BCUT2D eigenvalue weighted by Gasteiger charge is 2.04. The predicted molar refractivity (Wildman–Crippen MR) is 38.5 cm³/mol. The molecule has 1 aromatic rings. The topological polar surface area (TPSA) is 56.7 Å². The first-order chi connectivity index (χ1) is 5.24. The standard InChI is InChI=1S/C6H11FN4/c1-5(7)4-11-6(2-8)3-9-10-11/h3,5H,2,4,8H2,1H3. The lowest BCUT2D eigenvalue weighted by Gasteiger charge is -2.03. The van der Waals surface area contributed by atoms with E-state index < -0.39 is 6.17 Å². The van der Waals surface area contributed by atoms with Gasteiger partial charge in [-0.3, -0.25) is 0 Å². The van der Waals surface area contributed by atoms with Crippen molar-refractivity contribution < 1.29 is 4.39 Å². The van der Waals surface area contributed by atoms with Crippen LogP contribution in [0.15, 0.2) is 6.20 Å². The van der Waals surface area contributed by atoms with Crippen LogP contribution >= 0.6 is 0 Å². The van der Waals surface area contributed by atoms with Gasteiger partial charge in [0.25, 0.3) is 0 Å². The summed E-state index contributed by atoms with van der Waals surface area (Å²) in [4.78, 5) is 0. The van der Waals surface area contributed by atoms with Gasteiger partial charge in [0.2, 0.25) is 0 Å². The van der Waals surface area contributed by atoms with Gasteiger partial charge in [0.05, 0.1) is 18.4 Å². The van der Waals surface area contributed by atoms with Crippen LogP contribution in [0.3, 0.4) is 0 Å². The molecular weight excluding hydrogens is 147 g/mol. The SMILES string of the molecule is CC(F)Cn1nncc1CN. The minimum absolute atomic E-state index is 0.229. The Hall–Kier alpha value is -0.970. The van der Waals surface area contributed by atoms with Crippen molar-refractivity contribution in [3.8, 4) is 0 Å². The van der Waals surface area contributed by atoms with Crippen LogP contribution in [0.25, 0.3) is 0 Å². The van der Waals surface area contributed by atoms with E-state index in [0.29, 0.717) is 6.54 Å². The maximum absolute atomic E-state index is 12.5. The van der Waals surface area contributed by atoms with E-state index in [2.05, 4.69) is 10.3 Å². The molecule has 11 heavy (non-hydrogen) atoms. The van der Waals surface area contributed by atoms with Gasteiger partial charge in [0, 0.05) is 6.54 Å². The average molecular weight is 158 g/mol. The van der Waals surface area contributed by atoms with E-state index in [1.807, 2.05) is 0 Å². The second-order valence-electron chi connectivity index (χ2n) is 2.39. The van der Waals surface area contributed by atoms with Gasteiger partial charge < -0.3 is 5.73 Å². The second kappa shape index (κ2) is 3.43. The number of nitrogens with zero attached hydrogens (tertiary/aromatic N) is 3. The smallest absolute Gasteiger partial charge is 0.117 e. The van der Waals surface area contributed by atoms with Crippen molar-refractivity contribution in [2.24, 2.45) is 5.73 Å². The molecule has 0 bridgehead atoms. The molecule has 62 valence electrons. The van der Waals surface area contributed by atoms with Gasteiger partial charge in [0.15, 0.2) is 0 Å². The van der Waals surface area contributed by atoms with E-state index in [-0.39, 0.29) is 6.54 Å². The van der Waals surface area contributed by atoms with E-state index in [1.54, 1.807) is 6.20 Å². The molecular formula is C6H11FN4. The molecule has 0 spiro atoms. The normalized spacial score (nSPS) is 13.4. The van der Waals surface area contributed by atoms with Gasteiger partial charge >= 0.3 is 0 Å². The Bertz CT molecular complexity index is 220. The average Bonchev–Trinajstić information content (AvgIpc) is 2.34. The van der Waals surface area contributed by atoms with Crippen LogP contribution in [0.5, 0.6) is 0 Å². The van der Waals surface area contributed by atoms with Crippen molar-refractivity contribution in [2.45, 2.75) is 26.2 Å². The lowest BCUT2D eigenvalue weighted by Crippen LogP contribution is -2.14. The Balaban J connectivity index is 2.68. The largest absolute Gasteiger partial charge is 0.325 e. The molecule has 0 aromatic carbocycles. The molecule has 0 aliphatic carbocycles. The van der Waals surface area contributed by atoms with E-state index in [0.717, 1.165) is 5.69 Å². The molecule has 0 radical (unpaired) electrons. The van der Waals surface area contributed by atoms with Gasteiger partial charge in [-0.15, -0.1) is 5.10 Å². The van der Waals surface area contributed by atoms with Crippen LogP contribution in [-0.2, 0) is 13.1 Å². The summed E-state index contributed by atoms with van der Waals surface area (Å²) in [6.45, 7) is 2.05. The van der Waals surface area contributed by atoms with E-state index in [9.17, 15) is 4.39 Å². The van der Waals surface area contributed by atoms with Gasteiger partial charge in [-0.05, 0) is 6.92 Å². The van der Waals surface area contributed by atoms with Crippen LogP contribution in [0, 0.1) is 0 Å². The number of halogens is 1. The Morgan fingerprint density at radius 2 is 2.55 bits per heavy atom. The minimum atomic E-state index is -0.915. The summed E-state index contributed by atoms with van der Waals surface area (Å²) < 4.78 is 13.9. The zero-order valence-electron chi connectivity index (χ0n) is 6.37. The predicted octanol–water partition coefficient (Wildman–Crippen LogP) is 0.0948. The van der Waals surface area contributed by atoms with Crippen LogP contribution in [0.2, 0.25) is 0 Å². The number of hydrogen-bond donors (Lipinski definition) is 1. The molecule has 1 heterocycles. The molecule has 0 saturated carbocycles. The van der Waals surface area contributed by atoms with Crippen molar-refractivity contribution in [3.05, 3.63) is 11.9 Å². The summed E-state index contributed by atoms with van der Waals surface area (Å²) in [5.41, 5.74) is 6.11. The maximum atomic E-state index is 12.5. The Labute approximate surface area is 64.2 Å². The molecule has 0 saturated heterocycles. The summed E-state index contributed by atoms with van der Waals surface area (Å²) in [7, 11) is 0. The van der Waals surface area contributed by atoms with Gasteiger partial charge in [0.1, 0.15) is 6.17 Å². The highest BCUT2D eigenvalue weighted by molar-refractivity contribution is 4.92. The van der Waals surface area contributed by atoms with E-state index in [1.165, 1.54) is 11.6 Å². The number of nitrogens with two attached hydrogens (primary N) is 1. The lowest BCUT2D eigenvalue weighted by molar-refractivity contribution is 0.303. The fourth-order valence-corrected chi connectivity index (χ4v) is 0.829. The van der Waals surface area contributed by atoms with Gasteiger partial charge in [-0.2, -0.15) is 0 Å². The summed E-state index contributed by atoms with van der Waals surface area (Å²) >= 11 is 0. The van der Waals surface area contributed by atoms with Crippen molar-refractivity contribution in [1.82, 2.24) is 15.0 Å². The first kappa shape index (κ1) is 8.13. The van der Waals surface area contributed by atoms with Gasteiger partial charge in [-0.25, -0.2) is 9.07 Å². The number of rotatable bonds is 3. The third-order valence-electron chi connectivity index (χ3n) is 1.33. The first-order valence-electron chi connectivity index (χ1n) is 3.45. The van der Waals surface area contributed by atoms with E-state index >= 15 is 0 Å². The summed E-state index contributed by atoms with van der Waals surface area (Å²) in [6.07, 6.45) is 0.629. The second-order valence-corrected chi connectivity index (χ2v) is 2.39. The first-order valence-corrected chi connectivity index (χ1v) is 3.45. The van der Waals surface area contributed by atoms with Crippen molar-refractivity contribution in [3.63, 3.8) is 0 Å². The summed E-state index contributed by atoms with van der Waals surface area (Å²) in [5, 5.41) is 7.29. The lowest BCUT2D eigenvalue weighted by atomic mass is 10.4. The van der Waals surface area contributed by atoms with Crippen molar-refractivity contribution in [2.75, 3.05) is 0 Å². The molecule has 0 fully saturated rings. The highest BCUT2D eigenvalue weighted by Crippen LogP contribution is 1.98. The van der Waals surface area contributed by atoms with Crippen LogP contribution in [-0.4, -0.2) is 21.2 Å². The van der Waals surface area contributed by atoms with Crippen molar-refractivity contribution in [1.29, 1.82) is 0 Å². The third-order valence-corrected chi connectivity index (χ3v) is 1.33. The molecule has 2 N–H and O–H groups in total. The Morgan fingerprint density at radius 3 is 3.09 bits per heavy atom. The quantitative estimate of drug-likeness (QED) is 0.678. The zero-order chi connectivity index (χ0) is 8.27.